The Morgan fingerprint density at radius 2 is 2.00 bits per heavy atom. The summed E-state index contributed by atoms with van der Waals surface area (Å²) in [4.78, 5) is 2.65. The van der Waals surface area contributed by atoms with E-state index in [1.165, 1.54) is 37.6 Å². The maximum atomic E-state index is 2.65. The molecule has 0 aliphatic carbocycles. The van der Waals surface area contributed by atoms with Gasteiger partial charge in [0.1, 0.15) is 0 Å². The van der Waals surface area contributed by atoms with Crippen LogP contribution in [-0.2, 0) is 6.54 Å². The van der Waals surface area contributed by atoms with Gasteiger partial charge in [-0.1, -0.05) is 56.3 Å². The average molecular weight is 201 g/mol. The molecule has 1 fully saturated rings. The Hall–Kier alpha value is -0.755. The minimum absolute atomic E-state index is 0.818. The van der Waals surface area contributed by atoms with Crippen molar-refractivity contribution in [1.29, 1.82) is 0 Å². The molecule has 2 heteroatoms. The Morgan fingerprint density at radius 3 is 2.73 bits per heavy atom. The molecular formula is C13H20BN. The van der Waals surface area contributed by atoms with Crippen molar-refractivity contribution in [2.75, 3.05) is 6.54 Å². The van der Waals surface area contributed by atoms with Gasteiger partial charge in [-0.25, -0.2) is 0 Å². The molecule has 1 aromatic rings. The highest BCUT2D eigenvalue weighted by Gasteiger charge is 2.23. The van der Waals surface area contributed by atoms with Gasteiger partial charge in [0, 0.05) is 6.54 Å². The van der Waals surface area contributed by atoms with Gasteiger partial charge in [-0.3, -0.25) is 0 Å². The summed E-state index contributed by atoms with van der Waals surface area (Å²) < 4.78 is 0. The van der Waals surface area contributed by atoms with Crippen molar-refractivity contribution < 1.29 is 0 Å². The van der Waals surface area contributed by atoms with Gasteiger partial charge >= 0.3 is 0 Å². The van der Waals surface area contributed by atoms with Gasteiger partial charge in [0.05, 0.1) is 0 Å². The lowest BCUT2D eigenvalue weighted by molar-refractivity contribution is 0.388. The van der Waals surface area contributed by atoms with E-state index in [4.69, 9.17) is 0 Å². The molecule has 0 amide bonds. The van der Waals surface area contributed by atoms with Gasteiger partial charge in [0.2, 0.25) is 6.85 Å². The number of nitrogens with zero attached hydrogens (tertiary/aromatic N) is 1. The molecule has 0 saturated carbocycles. The highest BCUT2D eigenvalue weighted by Crippen LogP contribution is 2.19. The van der Waals surface area contributed by atoms with Crippen LogP contribution >= 0.6 is 0 Å². The summed E-state index contributed by atoms with van der Waals surface area (Å²) in [7, 11) is 0. The van der Waals surface area contributed by atoms with Gasteiger partial charge in [-0.05, 0) is 18.5 Å². The molecule has 0 atom stereocenters. The van der Waals surface area contributed by atoms with Crippen molar-refractivity contribution in [2.45, 2.75) is 39.0 Å². The normalized spacial score (nSPS) is 18.1. The van der Waals surface area contributed by atoms with E-state index in [1.54, 1.807) is 0 Å². The standard InChI is InChI=1S/C13H20BN/c1-2-14-10-6-7-11-15(14)12-13-8-4-3-5-9-13/h3-5,8-9H,2,6-7,10-12H2,1H3. The third kappa shape index (κ3) is 2.85. The topological polar surface area (TPSA) is 3.24 Å². The summed E-state index contributed by atoms with van der Waals surface area (Å²) in [5, 5.41) is 0. The van der Waals surface area contributed by atoms with Crippen LogP contribution in [0.15, 0.2) is 30.3 Å². The molecule has 1 aliphatic heterocycles. The fourth-order valence-corrected chi connectivity index (χ4v) is 2.55. The lowest BCUT2D eigenvalue weighted by atomic mass is 9.52. The fourth-order valence-electron chi connectivity index (χ4n) is 2.55. The predicted octanol–water partition coefficient (Wildman–Crippen LogP) is 3.29. The van der Waals surface area contributed by atoms with Crippen molar-refractivity contribution >= 4 is 6.85 Å². The zero-order valence-electron chi connectivity index (χ0n) is 9.65. The summed E-state index contributed by atoms with van der Waals surface area (Å²) in [6.45, 7) is 5.56. The molecule has 2 rings (SSSR count). The number of hydrogen-bond donors (Lipinski definition) is 0. The van der Waals surface area contributed by atoms with Crippen molar-refractivity contribution in [1.82, 2.24) is 4.81 Å². The second-order valence-corrected chi connectivity index (χ2v) is 4.51. The number of rotatable bonds is 3. The molecule has 0 N–H and O–H groups in total. The van der Waals surface area contributed by atoms with Crippen LogP contribution < -0.4 is 0 Å². The van der Waals surface area contributed by atoms with Crippen LogP contribution in [-0.4, -0.2) is 18.2 Å². The van der Waals surface area contributed by atoms with E-state index in [0.29, 0.717) is 0 Å². The Kier molecular flexibility index (Phi) is 3.84. The molecule has 0 spiro atoms. The van der Waals surface area contributed by atoms with Crippen molar-refractivity contribution in [3.63, 3.8) is 0 Å². The first-order chi connectivity index (χ1) is 7.40. The van der Waals surface area contributed by atoms with Gasteiger partial charge < -0.3 is 4.81 Å². The molecule has 1 aromatic carbocycles. The first kappa shape index (κ1) is 10.8. The largest absolute Gasteiger partial charge is 0.338 e. The van der Waals surface area contributed by atoms with E-state index in [1.807, 2.05) is 0 Å². The smallest absolute Gasteiger partial charge is 0.223 e. The quantitative estimate of drug-likeness (QED) is 0.678. The summed E-state index contributed by atoms with van der Waals surface area (Å²) >= 11 is 0. The fraction of sp³-hybridized carbons (Fsp3) is 0.538. The second kappa shape index (κ2) is 5.36. The minimum Gasteiger partial charge on any atom is -0.338 e. The Bertz CT molecular complexity index is 286. The maximum absolute atomic E-state index is 2.65. The first-order valence-electron chi connectivity index (χ1n) is 6.18. The van der Waals surface area contributed by atoms with E-state index >= 15 is 0 Å². The molecule has 80 valence electrons. The molecule has 1 nitrogen and oxygen atoms in total. The second-order valence-electron chi connectivity index (χ2n) is 4.51. The van der Waals surface area contributed by atoms with Crippen molar-refractivity contribution in [3.8, 4) is 0 Å². The zero-order chi connectivity index (χ0) is 10.5. The first-order valence-corrected chi connectivity index (χ1v) is 6.18. The van der Waals surface area contributed by atoms with E-state index in [9.17, 15) is 0 Å². The molecular weight excluding hydrogens is 181 g/mol. The van der Waals surface area contributed by atoms with Gasteiger partial charge in [0.15, 0.2) is 0 Å². The Labute approximate surface area is 93.6 Å². The van der Waals surface area contributed by atoms with E-state index in [-0.39, 0.29) is 0 Å². The van der Waals surface area contributed by atoms with Crippen molar-refractivity contribution in [2.24, 2.45) is 0 Å². The monoisotopic (exact) mass is 201 g/mol. The summed E-state index contributed by atoms with van der Waals surface area (Å²) in [5.74, 6) is 0. The SMILES string of the molecule is CCB1CCCCN1Cc1ccccc1. The molecule has 1 aliphatic rings. The average Bonchev–Trinajstić information content (AvgIpc) is 2.31. The minimum atomic E-state index is 0.818. The Morgan fingerprint density at radius 1 is 1.20 bits per heavy atom. The molecule has 0 bridgehead atoms. The van der Waals surface area contributed by atoms with Crippen LogP contribution in [0.2, 0.25) is 12.6 Å². The predicted molar refractivity (Wildman–Crippen MR) is 67.1 cm³/mol. The van der Waals surface area contributed by atoms with Crippen LogP contribution in [0.25, 0.3) is 0 Å². The van der Waals surface area contributed by atoms with E-state index in [2.05, 4.69) is 42.1 Å². The van der Waals surface area contributed by atoms with Crippen LogP contribution in [0.1, 0.15) is 25.3 Å². The van der Waals surface area contributed by atoms with Crippen LogP contribution in [0, 0.1) is 0 Å². The van der Waals surface area contributed by atoms with Gasteiger partial charge in [-0.2, -0.15) is 0 Å². The molecule has 0 radical (unpaired) electrons. The van der Waals surface area contributed by atoms with Crippen molar-refractivity contribution in [3.05, 3.63) is 35.9 Å². The lowest BCUT2D eigenvalue weighted by Crippen LogP contribution is -2.41. The summed E-state index contributed by atoms with van der Waals surface area (Å²) in [6, 6.07) is 10.8. The molecule has 0 unspecified atom stereocenters. The molecule has 1 saturated heterocycles. The third-order valence-electron chi connectivity index (χ3n) is 3.45. The van der Waals surface area contributed by atoms with Crippen LogP contribution in [0.4, 0.5) is 0 Å². The van der Waals surface area contributed by atoms with Gasteiger partial charge in [0.25, 0.3) is 0 Å². The highest BCUT2D eigenvalue weighted by atomic mass is 15.1. The van der Waals surface area contributed by atoms with E-state index < -0.39 is 0 Å². The van der Waals surface area contributed by atoms with Crippen LogP contribution in [0.5, 0.6) is 0 Å². The molecule has 15 heavy (non-hydrogen) atoms. The molecule has 1 heterocycles. The summed E-state index contributed by atoms with van der Waals surface area (Å²) in [6.07, 6.45) is 5.49. The Balaban J connectivity index is 1.97. The maximum Gasteiger partial charge on any atom is 0.223 e. The lowest BCUT2D eigenvalue weighted by Gasteiger charge is -2.33. The zero-order valence-corrected chi connectivity index (χ0v) is 9.65. The summed E-state index contributed by atoms with van der Waals surface area (Å²) in [5.41, 5.74) is 1.46. The highest BCUT2D eigenvalue weighted by molar-refractivity contribution is 6.55. The molecule has 0 aromatic heterocycles. The number of hydrogen-bond acceptors (Lipinski definition) is 1. The van der Waals surface area contributed by atoms with Crippen LogP contribution in [0.3, 0.4) is 0 Å². The van der Waals surface area contributed by atoms with E-state index in [0.717, 1.165) is 13.4 Å². The third-order valence-corrected chi connectivity index (χ3v) is 3.45. The van der Waals surface area contributed by atoms with Gasteiger partial charge in [-0.15, -0.1) is 0 Å². The number of benzene rings is 1.